The molecule has 31 heavy (non-hydrogen) atoms. The number of carbonyl (C=O) groups is 1. The summed E-state index contributed by atoms with van der Waals surface area (Å²) >= 11 is 0. The fraction of sp³-hybridized carbons (Fsp3) is 0.130. The average Bonchev–Trinajstić information content (AvgIpc) is 3.35. The van der Waals surface area contributed by atoms with Gasteiger partial charge in [-0.15, -0.1) is 0 Å². The molecule has 4 rings (SSSR count). The van der Waals surface area contributed by atoms with E-state index in [9.17, 15) is 9.59 Å². The van der Waals surface area contributed by atoms with Crippen molar-refractivity contribution in [1.82, 2.24) is 19.6 Å². The third-order valence-corrected chi connectivity index (χ3v) is 4.47. The standard InChI is InChI=1S/C23H20N4O4/c28-22-12-11-21(25-27(22)15-16-30-20-5-2-1-3-6-20)23(29)31-17-18-7-9-19(10-8-18)26-14-4-13-24-26/h1-14H,15-17H2. The molecule has 0 spiro atoms. The molecule has 2 aromatic heterocycles. The largest absolute Gasteiger partial charge is 0.492 e. The molecule has 0 radical (unpaired) electrons. The molecule has 8 heteroatoms. The van der Waals surface area contributed by atoms with E-state index in [2.05, 4.69) is 10.2 Å². The second-order valence-corrected chi connectivity index (χ2v) is 6.63. The van der Waals surface area contributed by atoms with Gasteiger partial charge in [0, 0.05) is 18.5 Å². The first-order valence-electron chi connectivity index (χ1n) is 9.71. The van der Waals surface area contributed by atoms with Crippen LogP contribution in [0.3, 0.4) is 0 Å². The highest BCUT2D eigenvalue weighted by Gasteiger charge is 2.12. The van der Waals surface area contributed by atoms with Crippen LogP contribution < -0.4 is 10.3 Å². The van der Waals surface area contributed by atoms with Gasteiger partial charge in [-0.1, -0.05) is 30.3 Å². The number of ether oxygens (including phenoxy) is 2. The minimum atomic E-state index is -0.603. The lowest BCUT2D eigenvalue weighted by molar-refractivity contribution is 0.0462. The molecule has 0 bridgehead atoms. The maximum atomic E-state index is 12.4. The molecular formula is C23H20N4O4. The van der Waals surface area contributed by atoms with E-state index in [0.29, 0.717) is 5.75 Å². The normalized spacial score (nSPS) is 10.6. The molecule has 8 nitrogen and oxygen atoms in total. The summed E-state index contributed by atoms with van der Waals surface area (Å²) in [6, 6.07) is 21.3. The summed E-state index contributed by atoms with van der Waals surface area (Å²) in [4.78, 5) is 24.4. The first-order chi connectivity index (χ1) is 15.2. The maximum absolute atomic E-state index is 12.4. The Labute approximate surface area is 178 Å². The topological polar surface area (TPSA) is 88.2 Å². The summed E-state index contributed by atoms with van der Waals surface area (Å²) in [7, 11) is 0. The maximum Gasteiger partial charge on any atom is 0.359 e. The number of rotatable bonds is 8. The first kappa shape index (κ1) is 20.1. The highest BCUT2D eigenvalue weighted by atomic mass is 16.5. The summed E-state index contributed by atoms with van der Waals surface area (Å²) in [6.07, 6.45) is 3.55. The Morgan fingerprint density at radius 3 is 2.48 bits per heavy atom. The fourth-order valence-electron chi connectivity index (χ4n) is 2.87. The van der Waals surface area contributed by atoms with Gasteiger partial charge in [0.2, 0.25) is 0 Å². The van der Waals surface area contributed by atoms with Crippen LogP contribution in [0.1, 0.15) is 16.1 Å². The molecule has 2 heterocycles. The molecule has 0 N–H and O–H groups in total. The molecule has 0 saturated heterocycles. The molecular weight excluding hydrogens is 396 g/mol. The molecule has 0 amide bonds. The SMILES string of the molecule is O=C(OCc1ccc(-n2cccn2)cc1)c1ccc(=O)n(CCOc2ccccc2)n1. The van der Waals surface area contributed by atoms with E-state index in [1.54, 1.807) is 10.9 Å². The summed E-state index contributed by atoms with van der Waals surface area (Å²) < 4.78 is 13.9. The molecule has 0 atom stereocenters. The van der Waals surface area contributed by atoms with Gasteiger partial charge < -0.3 is 9.47 Å². The number of hydrogen-bond acceptors (Lipinski definition) is 6. The molecule has 0 aliphatic rings. The van der Waals surface area contributed by atoms with E-state index in [-0.39, 0.29) is 31.0 Å². The number of nitrogens with zero attached hydrogens (tertiary/aromatic N) is 4. The first-order valence-corrected chi connectivity index (χ1v) is 9.71. The molecule has 0 aliphatic heterocycles. The Morgan fingerprint density at radius 1 is 0.935 bits per heavy atom. The average molecular weight is 416 g/mol. The van der Waals surface area contributed by atoms with Gasteiger partial charge in [-0.3, -0.25) is 4.79 Å². The van der Waals surface area contributed by atoms with Crippen LogP contribution in [0.25, 0.3) is 5.69 Å². The van der Waals surface area contributed by atoms with Crippen LogP contribution in [-0.4, -0.2) is 32.1 Å². The van der Waals surface area contributed by atoms with Crippen LogP contribution in [0.15, 0.2) is 90.0 Å². The molecule has 4 aromatic rings. The van der Waals surface area contributed by atoms with E-state index in [0.717, 1.165) is 11.3 Å². The van der Waals surface area contributed by atoms with Crippen LogP contribution in [0.2, 0.25) is 0 Å². The summed E-state index contributed by atoms with van der Waals surface area (Å²) in [5.74, 6) is 0.0959. The van der Waals surface area contributed by atoms with Gasteiger partial charge in [0.05, 0.1) is 12.2 Å². The third-order valence-electron chi connectivity index (χ3n) is 4.47. The lowest BCUT2D eigenvalue weighted by Crippen LogP contribution is -2.27. The van der Waals surface area contributed by atoms with Crippen molar-refractivity contribution < 1.29 is 14.3 Å². The van der Waals surface area contributed by atoms with Crippen molar-refractivity contribution in [2.45, 2.75) is 13.2 Å². The molecule has 0 unspecified atom stereocenters. The highest BCUT2D eigenvalue weighted by molar-refractivity contribution is 5.86. The zero-order valence-corrected chi connectivity index (χ0v) is 16.6. The summed E-state index contributed by atoms with van der Waals surface area (Å²) in [5.41, 5.74) is 1.48. The van der Waals surface area contributed by atoms with Crippen molar-refractivity contribution >= 4 is 5.97 Å². The van der Waals surface area contributed by atoms with Crippen molar-refractivity contribution in [3.05, 3.63) is 107 Å². The van der Waals surface area contributed by atoms with E-state index in [1.807, 2.05) is 66.9 Å². The Bertz CT molecular complexity index is 1190. The van der Waals surface area contributed by atoms with Gasteiger partial charge in [0.15, 0.2) is 5.69 Å². The number of carbonyl (C=O) groups excluding carboxylic acids is 1. The predicted molar refractivity (Wildman–Crippen MR) is 113 cm³/mol. The smallest absolute Gasteiger partial charge is 0.359 e. The van der Waals surface area contributed by atoms with E-state index in [1.165, 1.54) is 16.8 Å². The van der Waals surface area contributed by atoms with Gasteiger partial charge in [-0.2, -0.15) is 10.2 Å². The van der Waals surface area contributed by atoms with Crippen LogP contribution in [0.4, 0.5) is 0 Å². The van der Waals surface area contributed by atoms with Crippen LogP contribution in [0, 0.1) is 0 Å². The zero-order valence-electron chi connectivity index (χ0n) is 16.6. The van der Waals surface area contributed by atoms with Crippen molar-refractivity contribution in [1.29, 1.82) is 0 Å². The van der Waals surface area contributed by atoms with Crippen molar-refractivity contribution in [3.63, 3.8) is 0 Å². The molecule has 2 aromatic carbocycles. The van der Waals surface area contributed by atoms with Crippen LogP contribution in [-0.2, 0) is 17.9 Å². The van der Waals surface area contributed by atoms with Crippen LogP contribution >= 0.6 is 0 Å². The second kappa shape index (κ2) is 9.53. The highest BCUT2D eigenvalue weighted by Crippen LogP contribution is 2.11. The van der Waals surface area contributed by atoms with Gasteiger partial charge >= 0.3 is 5.97 Å². The number of esters is 1. The third kappa shape index (κ3) is 5.24. The Balaban J connectivity index is 1.34. The molecule has 0 fully saturated rings. The lowest BCUT2D eigenvalue weighted by Gasteiger charge is -2.09. The van der Waals surface area contributed by atoms with Gasteiger partial charge in [-0.25, -0.2) is 14.2 Å². The predicted octanol–water partition coefficient (Wildman–Crippen LogP) is 2.87. The Hall–Kier alpha value is -4.20. The van der Waals surface area contributed by atoms with E-state index < -0.39 is 5.97 Å². The second-order valence-electron chi connectivity index (χ2n) is 6.63. The van der Waals surface area contributed by atoms with E-state index in [4.69, 9.17) is 9.47 Å². The van der Waals surface area contributed by atoms with Gasteiger partial charge in [0.1, 0.15) is 19.0 Å². The quantitative estimate of drug-likeness (QED) is 0.411. The number of hydrogen-bond donors (Lipinski definition) is 0. The van der Waals surface area contributed by atoms with Crippen molar-refractivity contribution in [3.8, 4) is 11.4 Å². The molecule has 0 aliphatic carbocycles. The minimum absolute atomic E-state index is 0.0625. The number of para-hydroxylation sites is 1. The molecule has 156 valence electrons. The lowest BCUT2D eigenvalue weighted by atomic mass is 10.2. The Morgan fingerprint density at radius 2 is 1.74 bits per heavy atom. The zero-order chi connectivity index (χ0) is 21.5. The van der Waals surface area contributed by atoms with E-state index >= 15 is 0 Å². The Kier molecular flexibility index (Phi) is 6.18. The summed E-state index contributed by atoms with van der Waals surface area (Å²) in [6.45, 7) is 0.553. The number of aromatic nitrogens is 4. The van der Waals surface area contributed by atoms with Crippen LogP contribution in [0.5, 0.6) is 5.75 Å². The van der Waals surface area contributed by atoms with Crippen molar-refractivity contribution in [2.75, 3.05) is 6.61 Å². The fourth-order valence-corrected chi connectivity index (χ4v) is 2.87. The van der Waals surface area contributed by atoms with Gasteiger partial charge in [-0.05, 0) is 42.0 Å². The number of benzene rings is 2. The van der Waals surface area contributed by atoms with Gasteiger partial charge in [0.25, 0.3) is 5.56 Å². The minimum Gasteiger partial charge on any atom is -0.492 e. The molecule has 0 saturated carbocycles. The summed E-state index contributed by atoms with van der Waals surface area (Å²) in [5, 5.41) is 8.27. The van der Waals surface area contributed by atoms with Crippen molar-refractivity contribution in [2.24, 2.45) is 0 Å². The monoisotopic (exact) mass is 416 g/mol.